The molecule has 39 heavy (non-hydrogen) atoms. The molecule has 1 N–H and O–H groups in total. The third-order valence-corrected chi connectivity index (χ3v) is 6.18. The van der Waals surface area contributed by atoms with Crippen molar-refractivity contribution < 1.29 is 24.0 Å². The minimum absolute atomic E-state index is 0.0120. The summed E-state index contributed by atoms with van der Waals surface area (Å²) in [4.78, 5) is 39.2. The summed E-state index contributed by atoms with van der Waals surface area (Å²) in [7, 11) is 1.31. The van der Waals surface area contributed by atoms with Crippen LogP contribution in [0.2, 0.25) is 5.02 Å². The smallest absolute Gasteiger partial charge is 0.311 e. The second-order valence-corrected chi connectivity index (χ2v) is 9.81. The zero-order valence-corrected chi connectivity index (χ0v) is 22.9. The van der Waals surface area contributed by atoms with E-state index >= 15 is 0 Å². The lowest BCUT2D eigenvalue weighted by Crippen LogP contribution is -2.52. The molecule has 0 saturated heterocycles. The highest BCUT2D eigenvalue weighted by atomic mass is 35.5. The first-order chi connectivity index (χ1) is 18.7. The van der Waals surface area contributed by atoms with Gasteiger partial charge in [-0.2, -0.15) is 0 Å². The Morgan fingerprint density at radius 1 is 1.03 bits per heavy atom. The van der Waals surface area contributed by atoms with E-state index in [1.165, 1.54) is 30.2 Å². The molecular weight excluding hydrogens is 522 g/mol. The number of halogens is 1. The summed E-state index contributed by atoms with van der Waals surface area (Å²) < 4.78 is 10.8. The summed E-state index contributed by atoms with van der Waals surface area (Å²) >= 11 is 6.06. The molecule has 0 aliphatic heterocycles. The second-order valence-electron chi connectivity index (χ2n) is 9.37. The van der Waals surface area contributed by atoms with Crippen LogP contribution in [-0.2, 0) is 22.6 Å². The molecule has 0 bridgehead atoms. The standard InChI is InChI=1S/C29H32ClN3O6/c1-20(2)17-31-29(35)26(15-21-7-5-4-6-8-21)32(18-22-9-11-23(30)12-10-22)28(34)19-39-24-13-14-25(33(36)37)27(16-24)38-3/h4-14,16,20,26H,15,17-19H2,1-3H3,(H,31,35). The van der Waals surface area contributed by atoms with Crippen molar-refractivity contribution >= 4 is 29.1 Å². The maximum absolute atomic E-state index is 13.6. The largest absolute Gasteiger partial charge is 0.490 e. The highest BCUT2D eigenvalue weighted by Gasteiger charge is 2.31. The number of carbonyl (C=O) groups is 2. The average molecular weight is 554 g/mol. The highest BCUT2D eigenvalue weighted by Crippen LogP contribution is 2.31. The van der Waals surface area contributed by atoms with Crippen LogP contribution in [0.4, 0.5) is 5.69 Å². The Morgan fingerprint density at radius 2 is 1.72 bits per heavy atom. The molecule has 2 amide bonds. The van der Waals surface area contributed by atoms with Crippen molar-refractivity contribution in [1.82, 2.24) is 10.2 Å². The van der Waals surface area contributed by atoms with Crippen LogP contribution < -0.4 is 14.8 Å². The minimum atomic E-state index is -0.815. The van der Waals surface area contributed by atoms with Gasteiger partial charge in [0.1, 0.15) is 11.8 Å². The van der Waals surface area contributed by atoms with Crippen molar-refractivity contribution in [2.75, 3.05) is 20.3 Å². The lowest BCUT2D eigenvalue weighted by atomic mass is 10.0. The number of ether oxygens (including phenoxy) is 2. The van der Waals surface area contributed by atoms with E-state index < -0.39 is 23.5 Å². The number of hydrogen-bond donors (Lipinski definition) is 1. The summed E-state index contributed by atoms with van der Waals surface area (Å²) in [6.45, 7) is 4.21. The molecular formula is C29H32ClN3O6. The van der Waals surface area contributed by atoms with E-state index in [2.05, 4.69) is 5.32 Å². The fourth-order valence-corrected chi connectivity index (χ4v) is 4.02. The molecule has 9 nitrogen and oxygen atoms in total. The van der Waals surface area contributed by atoms with Crippen LogP contribution >= 0.6 is 11.6 Å². The molecule has 3 rings (SSSR count). The average Bonchev–Trinajstić information content (AvgIpc) is 2.93. The molecule has 1 atom stereocenters. The molecule has 10 heteroatoms. The van der Waals surface area contributed by atoms with Crippen molar-refractivity contribution in [2.45, 2.75) is 32.9 Å². The monoisotopic (exact) mass is 553 g/mol. The molecule has 206 valence electrons. The summed E-state index contributed by atoms with van der Waals surface area (Å²) in [5.74, 6) is -0.235. The topological polar surface area (TPSA) is 111 Å². The number of nitro groups is 1. The van der Waals surface area contributed by atoms with Crippen molar-refractivity contribution in [1.29, 1.82) is 0 Å². The predicted octanol–water partition coefficient (Wildman–Crippen LogP) is 5.05. The quantitative estimate of drug-likeness (QED) is 0.234. The molecule has 0 saturated carbocycles. The maximum Gasteiger partial charge on any atom is 0.311 e. The molecule has 0 aliphatic carbocycles. The van der Waals surface area contributed by atoms with Crippen LogP contribution in [0.25, 0.3) is 0 Å². The van der Waals surface area contributed by atoms with Crippen LogP contribution in [0.5, 0.6) is 11.5 Å². The Balaban J connectivity index is 1.90. The lowest BCUT2D eigenvalue weighted by molar-refractivity contribution is -0.385. The highest BCUT2D eigenvalue weighted by molar-refractivity contribution is 6.30. The van der Waals surface area contributed by atoms with Gasteiger partial charge < -0.3 is 19.7 Å². The molecule has 0 aliphatic rings. The van der Waals surface area contributed by atoms with Crippen LogP contribution in [0.3, 0.4) is 0 Å². The molecule has 3 aromatic carbocycles. The first kappa shape index (κ1) is 29.4. The Labute approximate surface area is 232 Å². The zero-order chi connectivity index (χ0) is 28.4. The molecule has 1 unspecified atom stereocenters. The number of nitrogens with one attached hydrogen (secondary N) is 1. The number of amides is 2. The molecule has 0 aromatic heterocycles. The third kappa shape index (κ3) is 8.71. The van der Waals surface area contributed by atoms with Gasteiger partial charge in [0.2, 0.25) is 11.7 Å². The summed E-state index contributed by atoms with van der Waals surface area (Å²) in [6, 6.07) is 19.7. The summed E-state index contributed by atoms with van der Waals surface area (Å²) in [6.07, 6.45) is 0.301. The first-order valence-electron chi connectivity index (χ1n) is 12.5. The van der Waals surface area contributed by atoms with E-state index in [1.54, 1.807) is 24.3 Å². The lowest BCUT2D eigenvalue weighted by Gasteiger charge is -2.31. The van der Waals surface area contributed by atoms with Crippen molar-refractivity contribution in [3.8, 4) is 11.5 Å². The number of rotatable bonds is 13. The van der Waals surface area contributed by atoms with Gasteiger partial charge in [-0.15, -0.1) is 0 Å². The van der Waals surface area contributed by atoms with Crippen LogP contribution in [0.1, 0.15) is 25.0 Å². The van der Waals surface area contributed by atoms with Crippen molar-refractivity contribution in [3.63, 3.8) is 0 Å². The fraction of sp³-hybridized carbons (Fsp3) is 0.310. The van der Waals surface area contributed by atoms with E-state index in [9.17, 15) is 19.7 Å². The number of nitrogens with zero attached hydrogens (tertiary/aromatic N) is 2. The van der Waals surface area contributed by atoms with Gasteiger partial charge in [0.25, 0.3) is 5.91 Å². The van der Waals surface area contributed by atoms with Gasteiger partial charge in [-0.25, -0.2) is 0 Å². The van der Waals surface area contributed by atoms with Gasteiger partial charge in [0, 0.05) is 36.7 Å². The molecule has 0 heterocycles. The van der Waals surface area contributed by atoms with Crippen molar-refractivity contribution in [3.05, 3.63) is 99.1 Å². The summed E-state index contributed by atoms with van der Waals surface area (Å²) in [5.41, 5.74) is 1.47. The maximum atomic E-state index is 13.6. The Morgan fingerprint density at radius 3 is 2.33 bits per heavy atom. The Hall–Kier alpha value is -4.11. The molecule has 3 aromatic rings. The van der Waals surface area contributed by atoms with E-state index in [0.29, 0.717) is 18.0 Å². The number of carbonyl (C=O) groups excluding carboxylic acids is 2. The first-order valence-corrected chi connectivity index (χ1v) is 12.9. The van der Waals surface area contributed by atoms with E-state index in [4.69, 9.17) is 21.1 Å². The van der Waals surface area contributed by atoms with Gasteiger partial charge in [0.05, 0.1) is 12.0 Å². The van der Waals surface area contributed by atoms with Gasteiger partial charge in [-0.1, -0.05) is 67.9 Å². The Kier molecular flexibility index (Phi) is 10.7. The number of nitro benzene ring substituents is 1. The number of methoxy groups -OCH3 is 1. The van der Waals surface area contributed by atoms with Crippen LogP contribution in [0, 0.1) is 16.0 Å². The third-order valence-electron chi connectivity index (χ3n) is 5.93. The van der Waals surface area contributed by atoms with Gasteiger partial charge in [-0.05, 0) is 35.2 Å². The van der Waals surface area contributed by atoms with Crippen LogP contribution in [-0.4, -0.2) is 47.9 Å². The minimum Gasteiger partial charge on any atom is -0.490 e. The van der Waals surface area contributed by atoms with Gasteiger partial charge >= 0.3 is 5.69 Å². The number of benzene rings is 3. The molecule has 0 spiro atoms. The van der Waals surface area contributed by atoms with Crippen molar-refractivity contribution in [2.24, 2.45) is 5.92 Å². The van der Waals surface area contributed by atoms with E-state index in [-0.39, 0.29) is 35.6 Å². The van der Waals surface area contributed by atoms with Gasteiger partial charge in [-0.3, -0.25) is 19.7 Å². The number of hydrogen-bond acceptors (Lipinski definition) is 6. The summed E-state index contributed by atoms with van der Waals surface area (Å²) in [5, 5.41) is 14.7. The normalized spacial score (nSPS) is 11.5. The van der Waals surface area contributed by atoms with Gasteiger partial charge in [0.15, 0.2) is 6.61 Å². The SMILES string of the molecule is COc1cc(OCC(=O)N(Cc2ccc(Cl)cc2)C(Cc2ccccc2)C(=O)NCC(C)C)ccc1[N+](=O)[O-]. The molecule has 0 radical (unpaired) electrons. The zero-order valence-electron chi connectivity index (χ0n) is 22.1. The van der Waals surface area contributed by atoms with Crippen LogP contribution in [0.15, 0.2) is 72.8 Å². The van der Waals surface area contributed by atoms with E-state index in [0.717, 1.165) is 11.1 Å². The second kappa shape index (κ2) is 14.2. The predicted molar refractivity (Wildman–Crippen MR) is 149 cm³/mol. The van der Waals surface area contributed by atoms with E-state index in [1.807, 2.05) is 44.2 Å². The molecule has 0 fully saturated rings. The fourth-order valence-electron chi connectivity index (χ4n) is 3.89. The Bertz CT molecular complexity index is 1270.